The lowest BCUT2D eigenvalue weighted by Gasteiger charge is -2.19. The van der Waals surface area contributed by atoms with Crippen molar-refractivity contribution in [1.29, 1.82) is 0 Å². The summed E-state index contributed by atoms with van der Waals surface area (Å²) in [5, 5.41) is 6.90. The SMILES string of the molecule is CCN(CC)CCn1c(NC(=O)c2ccc(-n3cccn3)c(F)c2)nc2ccccc21. The van der Waals surface area contributed by atoms with E-state index >= 15 is 0 Å². The van der Waals surface area contributed by atoms with E-state index in [0.717, 1.165) is 30.7 Å². The van der Waals surface area contributed by atoms with Crippen LogP contribution in [-0.4, -0.2) is 49.8 Å². The molecule has 31 heavy (non-hydrogen) atoms. The minimum absolute atomic E-state index is 0.218. The van der Waals surface area contributed by atoms with Gasteiger partial charge in [-0.15, -0.1) is 0 Å². The van der Waals surface area contributed by atoms with Gasteiger partial charge in [-0.3, -0.25) is 10.1 Å². The lowest BCUT2D eigenvalue weighted by molar-refractivity contribution is 0.102. The number of carbonyl (C=O) groups excluding carboxylic acids is 1. The van der Waals surface area contributed by atoms with Crippen LogP contribution >= 0.6 is 0 Å². The molecule has 1 N–H and O–H groups in total. The van der Waals surface area contributed by atoms with Crippen LogP contribution in [0.2, 0.25) is 0 Å². The molecule has 2 heterocycles. The summed E-state index contributed by atoms with van der Waals surface area (Å²) in [6.07, 6.45) is 3.22. The quantitative estimate of drug-likeness (QED) is 0.469. The van der Waals surface area contributed by atoms with E-state index in [4.69, 9.17) is 0 Å². The smallest absolute Gasteiger partial charge is 0.258 e. The lowest BCUT2D eigenvalue weighted by atomic mass is 10.2. The maximum absolute atomic E-state index is 14.6. The minimum atomic E-state index is -0.522. The first kappa shape index (κ1) is 20.7. The highest BCUT2D eigenvalue weighted by Crippen LogP contribution is 2.21. The van der Waals surface area contributed by atoms with Crippen LogP contribution in [0.4, 0.5) is 10.3 Å². The highest BCUT2D eigenvalue weighted by atomic mass is 19.1. The van der Waals surface area contributed by atoms with Crippen molar-refractivity contribution in [3.8, 4) is 5.69 Å². The number of nitrogens with zero attached hydrogens (tertiary/aromatic N) is 5. The Morgan fingerprint density at radius 3 is 2.65 bits per heavy atom. The zero-order valence-electron chi connectivity index (χ0n) is 17.6. The van der Waals surface area contributed by atoms with Crippen molar-refractivity contribution in [3.63, 3.8) is 0 Å². The number of nitrogens with one attached hydrogen (secondary N) is 1. The van der Waals surface area contributed by atoms with Crippen molar-refractivity contribution in [2.45, 2.75) is 20.4 Å². The van der Waals surface area contributed by atoms with Crippen LogP contribution in [0.15, 0.2) is 60.9 Å². The molecule has 0 radical (unpaired) electrons. The average molecular weight is 420 g/mol. The first-order valence-electron chi connectivity index (χ1n) is 10.4. The number of fused-ring (bicyclic) bond motifs is 1. The fourth-order valence-corrected chi connectivity index (χ4v) is 3.60. The second kappa shape index (κ2) is 9.09. The van der Waals surface area contributed by atoms with Gasteiger partial charge >= 0.3 is 0 Å². The van der Waals surface area contributed by atoms with E-state index in [1.165, 1.54) is 10.7 Å². The second-order valence-electron chi connectivity index (χ2n) is 7.17. The van der Waals surface area contributed by atoms with Crippen molar-refractivity contribution < 1.29 is 9.18 Å². The third kappa shape index (κ3) is 4.34. The van der Waals surface area contributed by atoms with Gasteiger partial charge in [-0.05, 0) is 49.5 Å². The molecule has 8 heteroatoms. The molecular weight excluding hydrogens is 395 g/mol. The Labute approximate surface area is 180 Å². The fraction of sp³-hybridized carbons (Fsp3) is 0.261. The Bertz CT molecular complexity index is 1180. The van der Waals surface area contributed by atoms with Crippen LogP contribution < -0.4 is 5.32 Å². The van der Waals surface area contributed by atoms with Crippen LogP contribution in [0.1, 0.15) is 24.2 Å². The van der Waals surface area contributed by atoms with E-state index in [0.29, 0.717) is 12.5 Å². The molecule has 0 spiro atoms. The third-order valence-electron chi connectivity index (χ3n) is 5.38. The maximum atomic E-state index is 14.6. The lowest BCUT2D eigenvalue weighted by Crippen LogP contribution is -2.27. The monoisotopic (exact) mass is 420 g/mol. The van der Waals surface area contributed by atoms with Gasteiger partial charge in [0.05, 0.1) is 11.0 Å². The summed E-state index contributed by atoms with van der Waals surface area (Å²) >= 11 is 0. The Morgan fingerprint density at radius 1 is 1.13 bits per heavy atom. The fourth-order valence-electron chi connectivity index (χ4n) is 3.60. The molecule has 1 amide bonds. The van der Waals surface area contributed by atoms with Crippen molar-refractivity contribution >= 4 is 22.9 Å². The number of para-hydroxylation sites is 2. The molecular formula is C23H25FN6O. The number of hydrogen-bond donors (Lipinski definition) is 1. The van der Waals surface area contributed by atoms with Gasteiger partial charge in [-0.25, -0.2) is 14.1 Å². The summed E-state index contributed by atoms with van der Waals surface area (Å²) in [6, 6.07) is 13.8. The van der Waals surface area contributed by atoms with E-state index in [-0.39, 0.29) is 11.3 Å². The molecule has 2 aromatic heterocycles. The number of amides is 1. The minimum Gasteiger partial charge on any atom is -0.309 e. The van der Waals surface area contributed by atoms with Crippen molar-refractivity contribution in [1.82, 2.24) is 24.2 Å². The highest BCUT2D eigenvalue weighted by Gasteiger charge is 2.16. The number of imidazole rings is 1. The van der Waals surface area contributed by atoms with E-state index in [1.807, 2.05) is 28.8 Å². The standard InChI is InChI=1S/C23H25FN6O/c1-3-28(4-2)14-15-29-21-9-6-5-8-19(21)26-23(29)27-22(31)17-10-11-20(18(24)16-17)30-13-7-12-25-30/h5-13,16H,3-4,14-15H2,1-2H3,(H,26,27,31). The van der Waals surface area contributed by atoms with Crippen LogP contribution in [0.3, 0.4) is 0 Å². The van der Waals surface area contributed by atoms with E-state index in [9.17, 15) is 9.18 Å². The van der Waals surface area contributed by atoms with E-state index < -0.39 is 11.7 Å². The van der Waals surface area contributed by atoms with Crippen molar-refractivity contribution in [2.24, 2.45) is 0 Å². The molecule has 0 aliphatic heterocycles. The van der Waals surface area contributed by atoms with Crippen LogP contribution in [-0.2, 0) is 6.54 Å². The zero-order chi connectivity index (χ0) is 21.8. The van der Waals surface area contributed by atoms with Gasteiger partial charge in [0.2, 0.25) is 5.95 Å². The summed E-state index contributed by atoms with van der Waals surface area (Å²) < 4.78 is 18.0. The predicted octanol–water partition coefficient (Wildman–Crippen LogP) is 3.96. The third-order valence-corrected chi connectivity index (χ3v) is 5.38. The first-order valence-corrected chi connectivity index (χ1v) is 10.4. The molecule has 0 unspecified atom stereocenters. The second-order valence-corrected chi connectivity index (χ2v) is 7.17. The van der Waals surface area contributed by atoms with Crippen LogP contribution in [0, 0.1) is 5.82 Å². The number of aromatic nitrogens is 4. The van der Waals surface area contributed by atoms with E-state index in [1.54, 1.807) is 30.6 Å². The Hall–Kier alpha value is -3.52. The zero-order valence-corrected chi connectivity index (χ0v) is 17.6. The summed E-state index contributed by atoms with van der Waals surface area (Å²) in [4.78, 5) is 19.8. The first-order chi connectivity index (χ1) is 15.1. The van der Waals surface area contributed by atoms with Crippen molar-refractivity contribution in [3.05, 3.63) is 72.3 Å². The normalized spacial score (nSPS) is 11.4. The molecule has 4 rings (SSSR count). The number of halogens is 1. The topological polar surface area (TPSA) is 68.0 Å². The van der Waals surface area contributed by atoms with Gasteiger partial charge in [-0.1, -0.05) is 26.0 Å². The molecule has 7 nitrogen and oxygen atoms in total. The van der Waals surface area contributed by atoms with Crippen molar-refractivity contribution in [2.75, 3.05) is 25.0 Å². The number of hydrogen-bond acceptors (Lipinski definition) is 4. The molecule has 2 aromatic carbocycles. The molecule has 0 saturated heterocycles. The summed E-state index contributed by atoms with van der Waals surface area (Å²) in [7, 11) is 0. The molecule has 0 atom stereocenters. The summed E-state index contributed by atoms with van der Waals surface area (Å²) in [6.45, 7) is 7.67. The molecule has 0 aliphatic rings. The molecule has 0 saturated carbocycles. The van der Waals surface area contributed by atoms with Gasteiger partial charge in [0.1, 0.15) is 11.5 Å². The largest absolute Gasteiger partial charge is 0.309 e. The number of carbonyl (C=O) groups is 1. The highest BCUT2D eigenvalue weighted by molar-refractivity contribution is 6.04. The molecule has 0 bridgehead atoms. The van der Waals surface area contributed by atoms with E-state index in [2.05, 4.69) is 34.1 Å². The van der Waals surface area contributed by atoms with Crippen LogP contribution in [0.25, 0.3) is 16.7 Å². The molecule has 4 aromatic rings. The Kier molecular flexibility index (Phi) is 6.08. The number of likely N-dealkylation sites (N-methyl/N-ethyl adjacent to an activating group) is 1. The maximum Gasteiger partial charge on any atom is 0.258 e. The predicted molar refractivity (Wildman–Crippen MR) is 119 cm³/mol. The van der Waals surface area contributed by atoms with Gasteiger partial charge < -0.3 is 9.47 Å². The van der Waals surface area contributed by atoms with Crippen LogP contribution in [0.5, 0.6) is 0 Å². The van der Waals surface area contributed by atoms with Gasteiger partial charge in [0.25, 0.3) is 5.91 Å². The Balaban J connectivity index is 1.60. The summed E-state index contributed by atoms with van der Waals surface area (Å²) in [5.74, 6) is -0.480. The van der Waals surface area contributed by atoms with Gasteiger partial charge in [-0.2, -0.15) is 5.10 Å². The molecule has 0 aliphatic carbocycles. The number of benzene rings is 2. The molecule has 0 fully saturated rings. The average Bonchev–Trinajstić information content (AvgIpc) is 3.43. The Morgan fingerprint density at radius 2 is 1.94 bits per heavy atom. The van der Waals surface area contributed by atoms with Gasteiger partial charge in [0.15, 0.2) is 0 Å². The molecule has 160 valence electrons. The number of rotatable bonds is 8. The van der Waals surface area contributed by atoms with Gasteiger partial charge in [0, 0.05) is 31.0 Å². The number of anilines is 1. The summed E-state index contributed by atoms with van der Waals surface area (Å²) in [5.41, 5.74) is 2.26.